The molecule has 0 unspecified atom stereocenters. The minimum absolute atomic E-state index is 0.250. The van der Waals surface area contributed by atoms with Gasteiger partial charge in [0.25, 0.3) is 5.91 Å². The van der Waals surface area contributed by atoms with Crippen LogP contribution < -0.4 is 10.1 Å². The molecule has 0 fully saturated rings. The number of benzene rings is 2. The Morgan fingerprint density at radius 2 is 1.84 bits per heavy atom. The van der Waals surface area contributed by atoms with Gasteiger partial charge in [-0.3, -0.25) is 4.79 Å². The fourth-order valence-corrected chi connectivity index (χ4v) is 5.32. The lowest BCUT2D eigenvalue weighted by atomic mass is 9.95. The predicted octanol–water partition coefficient (Wildman–Crippen LogP) is 5.75. The number of nitrogens with one attached hydrogen (secondary N) is 1. The van der Waals surface area contributed by atoms with Gasteiger partial charge in [0.15, 0.2) is 6.10 Å². The number of anilines is 1. The molecule has 1 heterocycles. The maximum Gasteiger partial charge on any atom is 0.341 e. The third-order valence-electron chi connectivity index (χ3n) is 5.57. The molecule has 1 N–H and O–H groups in total. The van der Waals surface area contributed by atoms with E-state index in [-0.39, 0.29) is 11.9 Å². The van der Waals surface area contributed by atoms with E-state index in [9.17, 15) is 9.59 Å². The summed E-state index contributed by atoms with van der Waals surface area (Å²) in [5.74, 6) is 0.0657. The van der Waals surface area contributed by atoms with E-state index in [4.69, 9.17) is 9.47 Å². The number of esters is 1. The van der Waals surface area contributed by atoms with Crippen LogP contribution >= 0.6 is 11.3 Å². The van der Waals surface area contributed by atoms with Crippen molar-refractivity contribution < 1.29 is 19.1 Å². The zero-order chi connectivity index (χ0) is 21.8. The number of carbonyl (C=O) groups is 2. The van der Waals surface area contributed by atoms with Gasteiger partial charge in [0.1, 0.15) is 10.8 Å². The second-order valence-electron chi connectivity index (χ2n) is 7.62. The Labute approximate surface area is 186 Å². The Hall–Kier alpha value is -2.86. The summed E-state index contributed by atoms with van der Waals surface area (Å²) in [5.41, 5.74) is 1.56. The first-order valence-corrected chi connectivity index (χ1v) is 11.7. The summed E-state index contributed by atoms with van der Waals surface area (Å²) in [6.07, 6.45) is 3.77. The van der Waals surface area contributed by atoms with Crippen LogP contribution in [0.2, 0.25) is 0 Å². The molecule has 0 spiro atoms. The molecule has 1 aromatic heterocycles. The molecule has 4 rings (SSSR count). The number of hydrogen-bond donors (Lipinski definition) is 1. The Kier molecular flexibility index (Phi) is 6.56. The number of fused-ring (bicyclic) bond motifs is 2. The SMILES string of the molecule is CCOC(=O)c1c(NC(=O)[C@H](CC)Oc2cccc3ccccc23)sc2c1CCCC2. The van der Waals surface area contributed by atoms with E-state index >= 15 is 0 Å². The molecular weight excluding hydrogens is 410 g/mol. The molecule has 6 heteroatoms. The number of ether oxygens (including phenoxy) is 2. The summed E-state index contributed by atoms with van der Waals surface area (Å²) < 4.78 is 11.4. The average molecular weight is 438 g/mol. The second kappa shape index (κ2) is 9.52. The standard InChI is InChI=1S/C25H27NO4S/c1-3-19(30-20-14-9-11-16-10-5-6-12-17(16)20)23(27)26-24-22(25(28)29-4-2)18-13-7-8-15-21(18)31-24/h5-6,9-12,14,19H,3-4,7-8,13,15H2,1-2H3,(H,26,27)/t19-/m0/s1. The van der Waals surface area contributed by atoms with Gasteiger partial charge in [0.2, 0.25) is 0 Å². The van der Waals surface area contributed by atoms with Gasteiger partial charge in [0.05, 0.1) is 12.2 Å². The van der Waals surface area contributed by atoms with E-state index in [1.54, 1.807) is 6.92 Å². The Balaban J connectivity index is 1.59. The number of carbonyl (C=O) groups excluding carboxylic acids is 2. The van der Waals surface area contributed by atoms with Crippen molar-refractivity contribution in [1.82, 2.24) is 0 Å². The van der Waals surface area contributed by atoms with Gasteiger partial charge in [-0.2, -0.15) is 0 Å². The van der Waals surface area contributed by atoms with Crippen LogP contribution in [0.4, 0.5) is 5.00 Å². The topological polar surface area (TPSA) is 64.6 Å². The maximum atomic E-state index is 13.1. The van der Waals surface area contributed by atoms with Gasteiger partial charge < -0.3 is 14.8 Å². The Morgan fingerprint density at radius 3 is 2.65 bits per heavy atom. The number of amides is 1. The van der Waals surface area contributed by atoms with E-state index in [1.807, 2.05) is 49.4 Å². The quantitative estimate of drug-likeness (QED) is 0.478. The van der Waals surface area contributed by atoms with Gasteiger partial charge in [-0.15, -0.1) is 11.3 Å². The number of hydrogen-bond acceptors (Lipinski definition) is 5. The second-order valence-corrected chi connectivity index (χ2v) is 8.72. The Morgan fingerprint density at radius 1 is 1.06 bits per heavy atom. The highest BCUT2D eigenvalue weighted by Crippen LogP contribution is 2.39. The minimum atomic E-state index is -0.667. The summed E-state index contributed by atoms with van der Waals surface area (Å²) >= 11 is 1.49. The van der Waals surface area contributed by atoms with E-state index in [0.29, 0.717) is 29.3 Å². The van der Waals surface area contributed by atoms with Crippen molar-refractivity contribution in [2.75, 3.05) is 11.9 Å². The molecule has 0 saturated heterocycles. The lowest BCUT2D eigenvalue weighted by Crippen LogP contribution is -2.32. The van der Waals surface area contributed by atoms with Gasteiger partial charge in [-0.25, -0.2) is 4.79 Å². The third kappa shape index (κ3) is 4.44. The molecule has 2 aromatic carbocycles. The summed E-state index contributed by atoms with van der Waals surface area (Å²) in [4.78, 5) is 27.0. The zero-order valence-corrected chi connectivity index (χ0v) is 18.7. The predicted molar refractivity (Wildman–Crippen MR) is 124 cm³/mol. The lowest BCUT2D eigenvalue weighted by molar-refractivity contribution is -0.122. The van der Waals surface area contributed by atoms with E-state index in [1.165, 1.54) is 16.2 Å². The first-order valence-electron chi connectivity index (χ1n) is 10.9. The number of thiophene rings is 1. The first-order chi connectivity index (χ1) is 15.1. The van der Waals surface area contributed by atoms with Gasteiger partial charge >= 0.3 is 5.97 Å². The van der Waals surface area contributed by atoms with E-state index < -0.39 is 6.10 Å². The molecule has 0 aliphatic heterocycles. The molecule has 3 aromatic rings. The summed E-state index contributed by atoms with van der Waals surface area (Å²) in [7, 11) is 0. The molecule has 1 aliphatic rings. The van der Waals surface area contributed by atoms with Gasteiger partial charge in [0, 0.05) is 10.3 Å². The average Bonchev–Trinajstić information content (AvgIpc) is 3.15. The highest BCUT2D eigenvalue weighted by atomic mass is 32.1. The molecule has 1 amide bonds. The summed E-state index contributed by atoms with van der Waals surface area (Å²) in [6.45, 7) is 4.01. The van der Waals surface area contributed by atoms with Crippen molar-refractivity contribution in [3.8, 4) is 5.75 Å². The monoisotopic (exact) mass is 437 g/mol. The molecule has 5 nitrogen and oxygen atoms in total. The van der Waals surface area contributed by atoms with Crippen molar-refractivity contribution in [2.24, 2.45) is 0 Å². The smallest absolute Gasteiger partial charge is 0.341 e. The van der Waals surface area contributed by atoms with Crippen molar-refractivity contribution in [2.45, 2.75) is 52.1 Å². The fourth-order valence-electron chi connectivity index (χ4n) is 4.04. The van der Waals surface area contributed by atoms with Crippen LogP contribution in [0.25, 0.3) is 10.8 Å². The van der Waals surface area contributed by atoms with Gasteiger partial charge in [-0.1, -0.05) is 43.3 Å². The van der Waals surface area contributed by atoms with Crippen molar-refractivity contribution >= 4 is 39.0 Å². The van der Waals surface area contributed by atoms with Crippen LogP contribution in [0.15, 0.2) is 42.5 Å². The molecule has 1 atom stereocenters. The molecule has 1 aliphatic carbocycles. The molecule has 0 saturated carbocycles. The third-order valence-corrected chi connectivity index (χ3v) is 6.78. The van der Waals surface area contributed by atoms with Gasteiger partial charge in [-0.05, 0) is 56.0 Å². The molecule has 0 bridgehead atoms. The lowest BCUT2D eigenvalue weighted by Gasteiger charge is -2.18. The van der Waals surface area contributed by atoms with Crippen LogP contribution in [0.1, 0.15) is 53.9 Å². The van der Waals surface area contributed by atoms with Crippen LogP contribution in [0.3, 0.4) is 0 Å². The normalized spacial score (nSPS) is 14.0. The molecule has 31 heavy (non-hydrogen) atoms. The summed E-state index contributed by atoms with van der Waals surface area (Å²) in [5, 5.41) is 5.59. The Bertz CT molecular complexity index is 1100. The van der Waals surface area contributed by atoms with Crippen LogP contribution in [-0.4, -0.2) is 24.6 Å². The van der Waals surface area contributed by atoms with Crippen LogP contribution in [0.5, 0.6) is 5.75 Å². The van der Waals surface area contributed by atoms with Crippen LogP contribution in [0, 0.1) is 0 Å². The van der Waals surface area contributed by atoms with E-state index in [2.05, 4.69) is 5.32 Å². The molecular formula is C25H27NO4S. The largest absolute Gasteiger partial charge is 0.480 e. The highest BCUT2D eigenvalue weighted by Gasteiger charge is 2.29. The van der Waals surface area contributed by atoms with Crippen LogP contribution in [-0.2, 0) is 22.4 Å². The van der Waals surface area contributed by atoms with Crippen molar-refractivity contribution in [3.63, 3.8) is 0 Å². The number of aryl methyl sites for hydroxylation is 1. The summed E-state index contributed by atoms with van der Waals surface area (Å²) in [6, 6.07) is 13.8. The fraction of sp³-hybridized carbons (Fsp3) is 0.360. The molecule has 162 valence electrons. The first kappa shape index (κ1) is 21.4. The minimum Gasteiger partial charge on any atom is -0.480 e. The maximum absolute atomic E-state index is 13.1. The van der Waals surface area contributed by atoms with Crippen molar-refractivity contribution in [3.05, 3.63) is 58.5 Å². The van der Waals surface area contributed by atoms with Crippen molar-refractivity contribution in [1.29, 1.82) is 0 Å². The van der Waals surface area contributed by atoms with E-state index in [0.717, 1.165) is 42.0 Å². The zero-order valence-electron chi connectivity index (χ0n) is 17.9. The number of rotatable bonds is 7. The molecule has 0 radical (unpaired) electrons. The highest BCUT2D eigenvalue weighted by molar-refractivity contribution is 7.17.